The predicted molar refractivity (Wildman–Crippen MR) is 91.8 cm³/mol. The van der Waals surface area contributed by atoms with Gasteiger partial charge in [0.15, 0.2) is 0 Å². The molecule has 0 radical (unpaired) electrons. The highest BCUT2D eigenvalue weighted by Gasteiger charge is 2.43. The second kappa shape index (κ2) is 5.39. The molecule has 0 saturated heterocycles. The van der Waals surface area contributed by atoms with Crippen molar-refractivity contribution in [1.29, 1.82) is 5.26 Å². The lowest BCUT2D eigenvalue weighted by Crippen LogP contribution is -2.14. The molecule has 24 heavy (non-hydrogen) atoms. The first-order chi connectivity index (χ1) is 11.7. The topological polar surface area (TPSA) is 108 Å². The zero-order chi connectivity index (χ0) is 16.7. The average molecular weight is 317 g/mol. The summed E-state index contributed by atoms with van der Waals surface area (Å²) in [7, 11) is 0. The fourth-order valence-electron chi connectivity index (χ4n) is 2.92. The Morgan fingerprint density at radius 1 is 1.33 bits per heavy atom. The number of nitrogens with two attached hydrogens (primary N) is 1. The maximum absolute atomic E-state index is 12.1. The number of aromatic amines is 1. The van der Waals surface area contributed by atoms with E-state index in [1.54, 1.807) is 12.4 Å². The highest BCUT2D eigenvalue weighted by Crippen LogP contribution is 2.39. The molecule has 0 spiro atoms. The maximum atomic E-state index is 12.1. The van der Waals surface area contributed by atoms with Crippen LogP contribution in [-0.4, -0.2) is 16.1 Å². The number of nitrogens with one attached hydrogen (secondary N) is 2. The number of hydrogen-bond acceptors (Lipinski definition) is 4. The second-order valence-corrected chi connectivity index (χ2v) is 6.06. The van der Waals surface area contributed by atoms with Crippen LogP contribution in [0.4, 0.5) is 11.4 Å². The molecule has 1 amide bonds. The van der Waals surface area contributed by atoms with Crippen LogP contribution in [0.2, 0.25) is 0 Å². The number of aromatic nitrogens is 2. The normalized spacial score (nSPS) is 19.0. The number of anilines is 2. The molecular weight excluding hydrogens is 302 g/mol. The molecule has 2 aromatic carbocycles. The fraction of sp³-hybridized carbons (Fsp3) is 0.167. The summed E-state index contributed by atoms with van der Waals surface area (Å²) in [5.74, 6) is -0.429. The molecule has 4 rings (SSSR count). The van der Waals surface area contributed by atoms with Crippen molar-refractivity contribution in [1.82, 2.24) is 10.2 Å². The molecule has 4 N–H and O–H groups in total. The number of benzene rings is 2. The largest absolute Gasteiger partial charge is 0.398 e. The molecule has 2 atom stereocenters. The van der Waals surface area contributed by atoms with Gasteiger partial charge < -0.3 is 11.1 Å². The highest BCUT2D eigenvalue weighted by molar-refractivity contribution is 6.01. The maximum Gasteiger partial charge on any atom is 0.228 e. The summed E-state index contributed by atoms with van der Waals surface area (Å²) in [5.41, 5.74) is 9.45. The Bertz CT molecular complexity index is 971. The van der Waals surface area contributed by atoms with E-state index in [4.69, 9.17) is 11.0 Å². The van der Waals surface area contributed by atoms with Crippen LogP contribution in [0.5, 0.6) is 0 Å². The highest BCUT2D eigenvalue weighted by atomic mass is 16.2. The van der Waals surface area contributed by atoms with Crippen LogP contribution in [0.3, 0.4) is 0 Å². The van der Waals surface area contributed by atoms with Crippen molar-refractivity contribution in [3.05, 3.63) is 42.7 Å². The van der Waals surface area contributed by atoms with Crippen LogP contribution in [0.1, 0.15) is 6.42 Å². The molecule has 1 aromatic heterocycles. The number of rotatable bonds is 3. The molecule has 118 valence electrons. The minimum absolute atomic E-state index is 0.0974. The van der Waals surface area contributed by atoms with Gasteiger partial charge in [0.2, 0.25) is 5.91 Å². The summed E-state index contributed by atoms with van der Waals surface area (Å²) in [5, 5.41) is 20.3. The van der Waals surface area contributed by atoms with Crippen molar-refractivity contribution >= 4 is 28.1 Å². The van der Waals surface area contributed by atoms with Gasteiger partial charge in [-0.1, -0.05) is 6.07 Å². The smallest absolute Gasteiger partial charge is 0.228 e. The molecule has 1 aliphatic rings. The Morgan fingerprint density at radius 2 is 2.21 bits per heavy atom. The number of nitriles is 1. The van der Waals surface area contributed by atoms with Crippen molar-refractivity contribution in [3.8, 4) is 17.2 Å². The third-order valence-corrected chi connectivity index (χ3v) is 4.38. The molecule has 6 heteroatoms. The molecule has 1 aliphatic carbocycles. The van der Waals surface area contributed by atoms with Crippen LogP contribution in [0.15, 0.2) is 42.7 Å². The van der Waals surface area contributed by atoms with Gasteiger partial charge in [-0.05, 0) is 41.6 Å². The molecule has 6 nitrogen and oxygen atoms in total. The summed E-state index contributed by atoms with van der Waals surface area (Å²) >= 11 is 0. The van der Waals surface area contributed by atoms with Gasteiger partial charge in [-0.25, -0.2) is 0 Å². The van der Waals surface area contributed by atoms with Gasteiger partial charge in [0, 0.05) is 28.5 Å². The minimum Gasteiger partial charge on any atom is -0.398 e. The van der Waals surface area contributed by atoms with Crippen LogP contribution in [0, 0.1) is 23.2 Å². The van der Waals surface area contributed by atoms with E-state index in [0.717, 1.165) is 21.9 Å². The van der Waals surface area contributed by atoms with Crippen molar-refractivity contribution in [2.45, 2.75) is 6.42 Å². The monoisotopic (exact) mass is 317 g/mol. The summed E-state index contributed by atoms with van der Waals surface area (Å²) in [6.07, 6.45) is 4.19. The molecular formula is C18H15N5O. The molecule has 1 saturated carbocycles. The quantitative estimate of drug-likeness (QED) is 0.645. The molecule has 1 fully saturated rings. The van der Waals surface area contributed by atoms with Gasteiger partial charge in [0.05, 0.1) is 24.1 Å². The van der Waals surface area contributed by atoms with Gasteiger partial charge in [-0.15, -0.1) is 0 Å². The number of H-pyrrole nitrogens is 1. The number of amides is 1. The number of carbonyl (C=O) groups is 1. The Morgan fingerprint density at radius 3 is 2.92 bits per heavy atom. The number of nitrogen functional groups attached to an aromatic ring is 1. The third kappa shape index (κ3) is 2.46. The van der Waals surface area contributed by atoms with E-state index in [9.17, 15) is 4.79 Å². The number of fused-ring (bicyclic) bond motifs is 1. The zero-order valence-corrected chi connectivity index (χ0v) is 12.8. The van der Waals surface area contributed by atoms with E-state index in [-0.39, 0.29) is 17.7 Å². The molecule has 3 aromatic rings. The zero-order valence-electron chi connectivity index (χ0n) is 12.8. The van der Waals surface area contributed by atoms with E-state index >= 15 is 0 Å². The lowest BCUT2D eigenvalue weighted by molar-refractivity contribution is -0.117. The minimum atomic E-state index is -0.187. The molecule has 0 bridgehead atoms. The van der Waals surface area contributed by atoms with Crippen molar-refractivity contribution < 1.29 is 4.79 Å². The van der Waals surface area contributed by atoms with Gasteiger partial charge in [0.1, 0.15) is 0 Å². The van der Waals surface area contributed by atoms with E-state index in [2.05, 4.69) is 21.6 Å². The van der Waals surface area contributed by atoms with Crippen LogP contribution in [-0.2, 0) is 4.79 Å². The van der Waals surface area contributed by atoms with E-state index in [1.807, 2.05) is 30.3 Å². The first kappa shape index (κ1) is 14.3. The summed E-state index contributed by atoms with van der Waals surface area (Å²) in [6.45, 7) is 0. The molecule has 1 heterocycles. The number of hydrogen-bond donors (Lipinski definition) is 3. The first-order valence-corrected chi connectivity index (χ1v) is 7.68. The number of nitrogens with zero attached hydrogens (tertiary/aromatic N) is 2. The first-order valence-electron chi connectivity index (χ1n) is 7.68. The summed E-state index contributed by atoms with van der Waals surface area (Å²) in [4.78, 5) is 12.1. The second-order valence-electron chi connectivity index (χ2n) is 6.06. The van der Waals surface area contributed by atoms with Gasteiger partial charge >= 0.3 is 0 Å². The SMILES string of the molecule is N#C[C@H]1C[C@@H]1C(=O)Nc1ccc2c(N)cc(-c3cn[nH]c3)cc2c1. The van der Waals surface area contributed by atoms with Gasteiger partial charge in [-0.2, -0.15) is 10.4 Å². The van der Waals surface area contributed by atoms with Crippen molar-refractivity contribution in [2.24, 2.45) is 11.8 Å². The summed E-state index contributed by atoms with van der Waals surface area (Å²) < 4.78 is 0. The summed E-state index contributed by atoms with van der Waals surface area (Å²) in [6, 6.07) is 11.7. The lowest BCUT2D eigenvalue weighted by Gasteiger charge is -2.09. The Hall–Kier alpha value is -3.33. The Kier molecular flexibility index (Phi) is 3.21. The number of carbonyl (C=O) groups excluding carboxylic acids is 1. The molecule has 0 aliphatic heterocycles. The standard InChI is InChI=1S/C18H15N5O/c19-7-12-5-16(12)18(24)23-14-1-2-15-11(4-14)3-10(6-17(15)20)13-8-21-22-9-13/h1-4,6,8-9,12,16H,5,20H2,(H,21,22)(H,23,24)/t12-,16+/m1/s1. The Labute approximate surface area is 138 Å². The van der Waals surface area contributed by atoms with E-state index < -0.39 is 0 Å². The lowest BCUT2D eigenvalue weighted by atomic mass is 10.0. The fourth-order valence-corrected chi connectivity index (χ4v) is 2.92. The van der Waals surface area contributed by atoms with E-state index in [0.29, 0.717) is 17.8 Å². The van der Waals surface area contributed by atoms with Crippen molar-refractivity contribution in [3.63, 3.8) is 0 Å². The van der Waals surface area contributed by atoms with Crippen LogP contribution in [0.25, 0.3) is 21.9 Å². The van der Waals surface area contributed by atoms with Crippen LogP contribution >= 0.6 is 0 Å². The third-order valence-electron chi connectivity index (χ3n) is 4.38. The Balaban J connectivity index is 1.67. The average Bonchev–Trinajstić information content (AvgIpc) is 3.17. The van der Waals surface area contributed by atoms with E-state index in [1.165, 1.54) is 0 Å². The molecule has 0 unspecified atom stereocenters. The van der Waals surface area contributed by atoms with Crippen molar-refractivity contribution in [2.75, 3.05) is 11.1 Å². The van der Waals surface area contributed by atoms with Gasteiger partial charge in [-0.3, -0.25) is 9.89 Å². The predicted octanol–water partition coefficient (Wildman–Crippen LogP) is 2.91. The van der Waals surface area contributed by atoms with Crippen LogP contribution < -0.4 is 11.1 Å². The van der Waals surface area contributed by atoms with Gasteiger partial charge in [0.25, 0.3) is 0 Å².